The molecule has 0 aliphatic heterocycles. The summed E-state index contributed by atoms with van der Waals surface area (Å²) in [5.41, 5.74) is 2.72. The number of aryl methyl sites for hydroxylation is 1. The summed E-state index contributed by atoms with van der Waals surface area (Å²) in [6, 6.07) is 8.73. The third-order valence-electron chi connectivity index (χ3n) is 2.52. The van der Waals surface area contributed by atoms with E-state index in [0.717, 1.165) is 32.4 Å². The first-order valence-corrected chi connectivity index (χ1v) is 5.76. The molecule has 0 spiro atoms. The lowest BCUT2D eigenvalue weighted by Crippen LogP contribution is -2.14. The molecule has 2 N–H and O–H groups in total. The van der Waals surface area contributed by atoms with Gasteiger partial charge in [0.05, 0.1) is 0 Å². The Bertz CT molecular complexity index is 256. The molecule has 0 saturated heterocycles. The van der Waals surface area contributed by atoms with Gasteiger partial charge in [-0.05, 0) is 36.9 Å². The van der Waals surface area contributed by atoms with Crippen molar-refractivity contribution in [3.63, 3.8) is 0 Å². The Kier molecular flexibility index (Phi) is 6.05. The van der Waals surface area contributed by atoms with Crippen LogP contribution in [0.2, 0.25) is 0 Å². The second-order valence-electron chi connectivity index (χ2n) is 3.78. The second kappa shape index (κ2) is 7.43. The van der Waals surface area contributed by atoms with Crippen LogP contribution in [0.15, 0.2) is 24.3 Å². The van der Waals surface area contributed by atoms with Crippen molar-refractivity contribution >= 4 is 0 Å². The maximum atomic E-state index is 8.61. The van der Waals surface area contributed by atoms with Gasteiger partial charge >= 0.3 is 0 Å². The van der Waals surface area contributed by atoms with Crippen LogP contribution in [-0.4, -0.2) is 18.3 Å². The van der Waals surface area contributed by atoms with Gasteiger partial charge in [0.1, 0.15) is 0 Å². The van der Waals surface area contributed by atoms with Gasteiger partial charge in [0.25, 0.3) is 0 Å². The van der Waals surface area contributed by atoms with Gasteiger partial charge in [-0.25, -0.2) is 0 Å². The third kappa shape index (κ3) is 4.96. The third-order valence-corrected chi connectivity index (χ3v) is 2.52. The van der Waals surface area contributed by atoms with Crippen molar-refractivity contribution in [1.82, 2.24) is 5.32 Å². The van der Waals surface area contributed by atoms with E-state index in [0.29, 0.717) is 6.61 Å². The Morgan fingerprint density at radius 2 is 1.73 bits per heavy atom. The van der Waals surface area contributed by atoms with Gasteiger partial charge in [0.15, 0.2) is 0 Å². The van der Waals surface area contributed by atoms with Crippen molar-refractivity contribution in [3.05, 3.63) is 35.4 Å². The molecular formula is C13H21NO. The lowest BCUT2D eigenvalue weighted by Gasteiger charge is -2.05. The van der Waals surface area contributed by atoms with Gasteiger partial charge in [0.2, 0.25) is 0 Å². The lowest BCUT2D eigenvalue weighted by molar-refractivity contribution is 0.283. The van der Waals surface area contributed by atoms with Crippen molar-refractivity contribution < 1.29 is 5.11 Å². The topological polar surface area (TPSA) is 32.3 Å². The molecule has 0 aliphatic rings. The zero-order valence-corrected chi connectivity index (χ0v) is 9.50. The fourth-order valence-corrected chi connectivity index (χ4v) is 1.49. The fourth-order valence-electron chi connectivity index (χ4n) is 1.49. The van der Waals surface area contributed by atoms with Gasteiger partial charge in [-0.2, -0.15) is 0 Å². The quantitative estimate of drug-likeness (QED) is 0.671. The highest BCUT2D eigenvalue weighted by Gasteiger charge is 1.93. The molecule has 2 nitrogen and oxygen atoms in total. The van der Waals surface area contributed by atoms with Crippen LogP contribution in [0.1, 0.15) is 30.9 Å². The van der Waals surface area contributed by atoms with Crippen molar-refractivity contribution in [2.45, 2.75) is 32.7 Å². The number of benzene rings is 1. The maximum Gasteiger partial charge on any atom is 0.0431 e. The molecule has 1 aromatic carbocycles. The van der Waals surface area contributed by atoms with Gasteiger partial charge in [-0.1, -0.05) is 31.2 Å². The molecule has 1 rings (SSSR count). The van der Waals surface area contributed by atoms with Crippen molar-refractivity contribution in [2.75, 3.05) is 13.2 Å². The molecule has 0 radical (unpaired) electrons. The predicted molar refractivity (Wildman–Crippen MR) is 63.8 cm³/mol. The number of hydrogen-bond donors (Lipinski definition) is 2. The summed E-state index contributed by atoms with van der Waals surface area (Å²) < 4.78 is 0. The van der Waals surface area contributed by atoms with E-state index < -0.39 is 0 Å². The molecule has 0 aliphatic carbocycles. The highest BCUT2D eigenvalue weighted by Crippen LogP contribution is 2.04. The van der Waals surface area contributed by atoms with Crippen LogP contribution in [0.3, 0.4) is 0 Å². The number of unbranched alkanes of at least 4 members (excludes halogenated alkanes) is 1. The number of aliphatic hydroxyl groups is 1. The van der Waals surface area contributed by atoms with Gasteiger partial charge in [-0.15, -0.1) is 0 Å². The summed E-state index contributed by atoms with van der Waals surface area (Å²) in [6.45, 7) is 4.38. The van der Waals surface area contributed by atoms with E-state index in [1.165, 1.54) is 11.1 Å². The van der Waals surface area contributed by atoms with Crippen LogP contribution in [0.4, 0.5) is 0 Å². The van der Waals surface area contributed by atoms with Crippen molar-refractivity contribution in [1.29, 1.82) is 0 Å². The van der Waals surface area contributed by atoms with E-state index in [2.05, 4.69) is 36.5 Å². The van der Waals surface area contributed by atoms with Gasteiger partial charge < -0.3 is 10.4 Å². The molecule has 0 bridgehead atoms. The predicted octanol–water partition coefficient (Wildman–Crippen LogP) is 2.11. The summed E-state index contributed by atoms with van der Waals surface area (Å²) in [5, 5.41) is 12.0. The van der Waals surface area contributed by atoms with Crippen molar-refractivity contribution in [2.24, 2.45) is 0 Å². The van der Waals surface area contributed by atoms with E-state index >= 15 is 0 Å². The van der Waals surface area contributed by atoms with Crippen LogP contribution in [0.5, 0.6) is 0 Å². The van der Waals surface area contributed by atoms with Crippen LogP contribution in [0, 0.1) is 0 Å². The smallest absolute Gasteiger partial charge is 0.0431 e. The van der Waals surface area contributed by atoms with E-state index in [9.17, 15) is 0 Å². The molecule has 0 heterocycles. The normalized spacial score (nSPS) is 10.5. The first kappa shape index (κ1) is 12.2. The number of rotatable bonds is 7. The number of nitrogens with one attached hydrogen (secondary N) is 1. The Balaban J connectivity index is 2.20. The Labute approximate surface area is 92.3 Å². The first-order valence-electron chi connectivity index (χ1n) is 5.76. The van der Waals surface area contributed by atoms with Crippen LogP contribution >= 0.6 is 0 Å². The summed E-state index contributed by atoms with van der Waals surface area (Å²) in [7, 11) is 0. The minimum absolute atomic E-state index is 0.298. The highest BCUT2D eigenvalue weighted by atomic mass is 16.2. The monoisotopic (exact) mass is 207 g/mol. The molecule has 0 unspecified atom stereocenters. The Hall–Kier alpha value is -0.860. The first-order chi connectivity index (χ1) is 7.36. The molecule has 0 aromatic heterocycles. The largest absolute Gasteiger partial charge is 0.396 e. The highest BCUT2D eigenvalue weighted by molar-refractivity contribution is 5.22. The Morgan fingerprint density at radius 1 is 1.07 bits per heavy atom. The number of hydrogen-bond acceptors (Lipinski definition) is 2. The van der Waals surface area contributed by atoms with Crippen LogP contribution < -0.4 is 5.32 Å². The fraction of sp³-hybridized carbons (Fsp3) is 0.538. The van der Waals surface area contributed by atoms with Crippen LogP contribution in [0.25, 0.3) is 0 Å². The number of aliphatic hydroxyl groups excluding tert-OH is 1. The summed E-state index contributed by atoms with van der Waals surface area (Å²) in [5.74, 6) is 0. The average molecular weight is 207 g/mol. The summed E-state index contributed by atoms with van der Waals surface area (Å²) in [4.78, 5) is 0. The standard InChI is InChI=1S/C13H21NO/c1-2-12-5-7-13(8-6-12)11-14-9-3-4-10-15/h5-8,14-15H,2-4,9-11H2,1H3. The van der Waals surface area contributed by atoms with Crippen LogP contribution in [-0.2, 0) is 13.0 Å². The van der Waals surface area contributed by atoms with Gasteiger partial charge in [-0.3, -0.25) is 0 Å². The second-order valence-corrected chi connectivity index (χ2v) is 3.78. The van der Waals surface area contributed by atoms with Crippen molar-refractivity contribution in [3.8, 4) is 0 Å². The van der Waals surface area contributed by atoms with Gasteiger partial charge in [0, 0.05) is 13.2 Å². The Morgan fingerprint density at radius 3 is 2.33 bits per heavy atom. The minimum Gasteiger partial charge on any atom is -0.396 e. The zero-order valence-electron chi connectivity index (χ0n) is 9.50. The molecule has 0 amide bonds. The lowest BCUT2D eigenvalue weighted by atomic mass is 10.1. The SMILES string of the molecule is CCc1ccc(CNCCCCO)cc1. The molecule has 15 heavy (non-hydrogen) atoms. The molecule has 0 saturated carbocycles. The van der Waals surface area contributed by atoms with E-state index in [4.69, 9.17) is 5.11 Å². The summed E-state index contributed by atoms with van der Waals surface area (Å²) in [6.07, 6.45) is 3.04. The van der Waals surface area contributed by atoms with E-state index in [-0.39, 0.29) is 0 Å². The zero-order chi connectivity index (χ0) is 10.9. The molecular weight excluding hydrogens is 186 g/mol. The summed E-state index contributed by atoms with van der Waals surface area (Å²) >= 11 is 0. The van der Waals surface area contributed by atoms with E-state index in [1.807, 2.05) is 0 Å². The minimum atomic E-state index is 0.298. The molecule has 1 aromatic rings. The molecule has 0 fully saturated rings. The maximum absolute atomic E-state index is 8.61. The molecule has 0 atom stereocenters. The van der Waals surface area contributed by atoms with E-state index in [1.54, 1.807) is 0 Å². The molecule has 2 heteroatoms. The average Bonchev–Trinajstić information content (AvgIpc) is 2.30. The molecule has 84 valence electrons.